The van der Waals surface area contributed by atoms with Gasteiger partial charge >= 0.3 is 6.09 Å². The second-order valence-corrected chi connectivity index (χ2v) is 6.75. The number of ether oxygens (including phenoxy) is 1. The van der Waals surface area contributed by atoms with E-state index in [0.29, 0.717) is 25.1 Å². The quantitative estimate of drug-likeness (QED) is 0.553. The van der Waals surface area contributed by atoms with Crippen LogP contribution in [0.15, 0.2) is 12.5 Å². The average Bonchev–Trinajstić information content (AvgIpc) is 3.33. The van der Waals surface area contributed by atoms with Gasteiger partial charge in [-0.05, 0) is 19.8 Å². The molecule has 4 atom stereocenters. The molecular formula is C16H22N6O5. The van der Waals surface area contributed by atoms with Crippen LogP contribution in [-0.4, -0.2) is 69.0 Å². The molecule has 0 radical (unpaired) electrons. The maximum Gasteiger partial charge on any atom is 0.408 e. The molecule has 3 rings (SSSR count). The zero-order valence-electron chi connectivity index (χ0n) is 14.8. The van der Waals surface area contributed by atoms with Crippen LogP contribution in [0.25, 0.3) is 0 Å². The van der Waals surface area contributed by atoms with Crippen molar-refractivity contribution in [3.63, 3.8) is 0 Å². The van der Waals surface area contributed by atoms with Gasteiger partial charge in [-0.15, -0.1) is 0 Å². The van der Waals surface area contributed by atoms with Crippen LogP contribution in [0.1, 0.15) is 30.3 Å². The molecule has 2 aliphatic heterocycles. The number of nitrogens with one attached hydrogen (secondary N) is 1. The van der Waals surface area contributed by atoms with Crippen molar-refractivity contribution < 1.29 is 23.9 Å². The first-order valence-electron chi connectivity index (χ1n) is 8.67. The second-order valence-electron chi connectivity index (χ2n) is 6.75. The van der Waals surface area contributed by atoms with Crippen molar-refractivity contribution in [1.29, 1.82) is 0 Å². The predicted octanol–water partition coefficient (Wildman–Crippen LogP) is -1.63. The summed E-state index contributed by atoms with van der Waals surface area (Å²) in [5, 5.41) is 2.43. The molecule has 0 saturated carbocycles. The third-order valence-electron chi connectivity index (χ3n) is 4.80. The number of rotatable bonds is 5. The minimum absolute atomic E-state index is 0.101. The standard InChI is InChI=1S/C16H22N6O5/c1-8-12(20-16(26)27-8)15(25)21-6-9(19-7-21)5-10(17)14(24)22-4-2-3-11(22)13(18)23/h6-8,10-12H,2-5,17H2,1H3,(H2,18,23)(H,20,26)/t8-,10+,11+,12+/m1/s1. The number of nitrogens with two attached hydrogens (primary N) is 2. The van der Waals surface area contributed by atoms with Gasteiger partial charge in [0.2, 0.25) is 11.8 Å². The number of carbonyl (C=O) groups excluding carboxylic acids is 4. The predicted molar refractivity (Wildman–Crippen MR) is 91.3 cm³/mol. The monoisotopic (exact) mass is 378 g/mol. The number of alkyl carbamates (subject to hydrolysis) is 1. The highest BCUT2D eigenvalue weighted by molar-refractivity contribution is 5.91. The first-order valence-corrected chi connectivity index (χ1v) is 8.67. The molecule has 3 amide bonds. The third-order valence-corrected chi connectivity index (χ3v) is 4.80. The molecule has 1 aromatic rings. The Morgan fingerprint density at radius 2 is 2.19 bits per heavy atom. The number of imidazole rings is 1. The molecule has 0 bridgehead atoms. The van der Waals surface area contributed by atoms with Crippen LogP contribution in [-0.2, 0) is 20.7 Å². The normalized spacial score (nSPS) is 25.8. The number of hydrogen-bond acceptors (Lipinski definition) is 7. The van der Waals surface area contributed by atoms with Crippen LogP contribution >= 0.6 is 0 Å². The number of primary amides is 1. The maximum atomic E-state index is 12.5. The van der Waals surface area contributed by atoms with Crippen molar-refractivity contribution in [2.24, 2.45) is 11.5 Å². The van der Waals surface area contributed by atoms with E-state index in [1.807, 2.05) is 0 Å². The summed E-state index contributed by atoms with van der Waals surface area (Å²) in [5.41, 5.74) is 11.8. The minimum Gasteiger partial charge on any atom is -0.444 e. The van der Waals surface area contributed by atoms with Crippen molar-refractivity contribution in [1.82, 2.24) is 19.8 Å². The van der Waals surface area contributed by atoms with Gasteiger partial charge in [-0.1, -0.05) is 0 Å². The maximum absolute atomic E-state index is 12.5. The minimum atomic E-state index is -0.906. The smallest absolute Gasteiger partial charge is 0.408 e. The number of hydrogen-bond donors (Lipinski definition) is 3. The summed E-state index contributed by atoms with van der Waals surface area (Å²) in [4.78, 5) is 53.1. The summed E-state index contributed by atoms with van der Waals surface area (Å²) in [6.45, 7) is 2.05. The Labute approximate surface area is 155 Å². The Morgan fingerprint density at radius 1 is 1.44 bits per heavy atom. The van der Waals surface area contributed by atoms with Gasteiger partial charge in [0.05, 0.1) is 11.7 Å². The molecular weight excluding hydrogens is 356 g/mol. The van der Waals surface area contributed by atoms with E-state index in [4.69, 9.17) is 16.2 Å². The molecule has 2 aliphatic rings. The van der Waals surface area contributed by atoms with E-state index in [0.717, 1.165) is 0 Å². The molecule has 0 unspecified atom stereocenters. The fourth-order valence-electron chi connectivity index (χ4n) is 3.38. The molecule has 146 valence electrons. The largest absolute Gasteiger partial charge is 0.444 e. The summed E-state index contributed by atoms with van der Waals surface area (Å²) >= 11 is 0. The molecule has 11 nitrogen and oxygen atoms in total. The lowest BCUT2D eigenvalue weighted by Crippen LogP contribution is -2.50. The Bertz CT molecular complexity index is 777. The Kier molecular flexibility index (Phi) is 5.13. The number of carbonyl (C=O) groups is 4. The van der Waals surface area contributed by atoms with Crippen molar-refractivity contribution in [2.75, 3.05) is 6.54 Å². The highest BCUT2D eigenvalue weighted by Crippen LogP contribution is 2.18. The van der Waals surface area contributed by atoms with Crippen LogP contribution in [0.3, 0.4) is 0 Å². The summed E-state index contributed by atoms with van der Waals surface area (Å²) < 4.78 is 6.12. The lowest BCUT2D eigenvalue weighted by Gasteiger charge is -2.25. The molecule has 0 aliphatic carbocycles. The Morgan fingerprint density at radius 3 is 2.81 bits per heavy atom. The van der Waals surface area contributed by atoms with Crippen molar-refractivity contribution in [3.05, 3.63) is 18.2 Å². The van der Waals surface area contributed by atoms with Gasteiger partial charge in [0, 0.05) is 19.2 Å². The van der Waals surface area contributed by atoms with Gasteiger partial charge in [0.15, 0.2) is 0 Å². The number of likely N-dealkylation sites (tertiary alicyclic amines) is 1. The van der Waals surface area contributed by atoms with E-state index in [1.54, 1.807) is 6.92 Å². The Hall–Kier alpha value is -2.95. The van der Waals surface area contributed by atoms with Gasteiger partial charge in [0.1, 0.15) is 24.5 Å². The number of nitrogens with zero attached hydrogens (tertiary/aromatic N) is 3. The van der Waals surface area contributed by atoms with E-state index < -0.39 is 42.1 Å². The zero-order chi connectivity index (χ0) is 19.7. The lowest BCUT2D eigenvalue weighted by molar-refractivity contribution is -0.138. The molecule has 2 saturated heterocycles. The summed E-state index contributed by atoms with van der Waals surface area (Å²) in [7, 11) is 0. The van der Waals surface area contributed by atoms with Gasteiger partial charge in [-0.25, -0.2) is 9.78 Å². The summed E-state index contributed by atoms with van der Waals surface area (Å²) in [6.07, 6.45) is 2.84. The SMILES string of the molecule is C[C@H]1OC(=O)N[C@@H]1C(=O)n1cnc(C[C@H](N)C(=O)N2CCC[C@H]2C(N)=O)c1. The molecule has 3 heterocycles. The highest BCUT2D eigenvalue weighted by atomic mass is 16.6. The van der Waals surface area contributed by atoms with Crippen LogP contribution in [0.4, 0.5) is 4.79 Å². The van der Waals surface area contributed by atoms with Gasteiger partial charge in [-0.2, -0.15) is 0 Å². The number of cyclic esters (lactones) is 1. The first-order chi connectivity index (χ1) is 12.8. The van der Waals surface area contributed by atoms with Crippen LogP contribution in [0, 0.1) is 0 Å². The molecule has 5 N–H and O–H groups in total. The second kappa shape index (κ2) is 7.35. The van der Waals surface area contributed by atoms with Gasteiger partial charge < -0.3 is 26.4 Å². The fraction of sp³-hybridized carbons (Fsp3) is 0.562. The molecule has 0 aromatic carbocycles. The Balaban J connectivity index is 1.63. The van der Waals surface area contributed by atoms with Crippen LogP contribution < -0.4 is 16.8 Å². The van der Waals surface area contributed by atoms with E-state index in [1.165, 1.54) is 22.0 Å². The number of amides is 3. The molecule has 27 heavy (non-hydrogen) atoms. The van der Waals surface area contributed by atoms with Crippen molar-refractivity contribution >= 4 is 23.8 Å². The first kappa shape index (κ1) is 18.8. The van der Waals surface area contributed by atoms with Crippen molar-refractivity contribution in [3.8, 4) is 0 Å². The third kappa shape index (κ3) is 3.77. The number of aromatic nitrogens is 2. The molecule has 0 spiro atoms. The summed E-state index contributed by atoms with van der Waals surface area (Å²) in [6, 6.07) is -2.34. The topological polar surface area (TPSA) is 163 Å². The van der Waals surface area contributed by atoms with Crippen LogP contribution in [0.5, 0.6) is 0 Å². The van der Waals surface area contributed by atoms with Crippen molar-refractivity contribution in [2.45, 2.75) is 50.4 Å². The van der Waals surface area contributed by atoms with Gasteiger partial charge in [0.25, 0.3) is 5.91 Å². The lowest BCUT2D eigenvalue weighted by atomic mass is 10.1. The average molecular weight is 378 g/mol. The van der Waals surface area contributed by atoms with E-state index in [2.05, 4.69) is 10.3 Å². The fourth-order valence-corrected chi connectivity index (χ4v) is 3.38. The zero-order valence-corrected chi connectivity index (χ0v) is 14.8. The van der Waals surface area contributed by atoms with Crippen LogP contribution in [0.2, 0.25) is 0 Å². The summed E-state index contributed by atoms with van der Waals surface area (Å²) in [5.74, 6) is -1.32. The van der Waals surface area contributed by atoms with E-state index in [9.17, 15) is 19.2 Å². The van der Waals surface area contributed by atoms with E-state index >= 15 is 0 Å². The molecule has 1 aromatic heterocycles. The molecule has 2 fully saturated rings. The molecule has 11 heteroatoms. The van der Waals surface area contributed by atoms with Gasteiger partial charge in [-0.3, -0.25) is 19.0 Å². The van der Waals surface area contributed by atoms with E-state index in [-0.39, 0.29) is 12.3 Å². The highest BCUT2D eigenvalue weighted by Gasteiger charge is 2.37.